The highest BCUT2D eigenvalue weighted by Gasteiger charge is 2.19. The second-order valence-electron chi connectivity index (χ2n) is 4.20. The lowest BCUT2D eigenvalue weighted by molar-refractivity contribution is -0.123. The molecule has 2 rings (SSSR count). The lowest BCUT2D eigenvalue weighted by atomic mass is 9.99. The van der Waals surface area contributed by atoms with E-state index in [-0.39, 0.29) is 17.6 Å². The molecule has 92 valence electrons. The molecule has 1 aromatic rings. The fraction of sp³-hybridized carbons (Fsp3) is 0.417. The van der Waals surface area contributed by atoms with E-state index >= 15 is 0 Å². The molecule has 0 spiro atoms. The molecule has 5 heteroatoms. The van der Waals surface area contributed by atoms with Crippen molar-refractivity contribution in [3.8, 4) is 5.75 Å². The van der Waals surface area contributed by atoms with Crippen molar-refractivity contribution in [3.63, 3.8) is 0 Å². The molecule has 0 radical (unpaired) electrons. The predicted octanol–water partition coefficient (Wildman–Crippen LogP) is 1.31. The summed E-state index contributed by atoms with van der Waals surface area (Å²) in [5.41, 5.74) is 6.07. The van der Waals surface area contributed by atoms with Crippen molar-refractivity contribution in [2.24, 2.45) is 5.92 Å². The Morgan fingerprint density at radius 2 is 2.35 bits per heavy atom. The number of hydrogen-bond acceptors (Lipinski definition) is 3. The van der Waals surface area contributed by atoms with Gasteiger partial charge in [-0.3, -0.25) is 4.79 Å². The number of hydrogen-bond donors (Lipinski definition) is 2. The van der Waals surface area contributed by atoms with E-state index in [1.165, 1.54) is 18.2 Å². The van der Waals surface area contributed by atoms with Crippen molar-refractivity contribution in [1.29, 1.82) is 0 Å². The number of benzene rings is 1. The minimum absolute atomic E-state index is 0.0389. The van der Waals surface area contributed by atoms with E-state index in [0.717, 1.165) is 6.42 Å². The molecule has 1 aliphatic heterocycles. The van der Waals surface area contributed by atoms with Gasteiger partial charge in [0.05, 0.1) is 12.3 Å². The van der Waals surface area contributed by atoms with Gasteiger partial charge in [-0.25, -0.2) is 4.39 Å². The largest absolute Gasteiger partial charge is 0.491 e. The first-order valence-electron chi connectivity index (χ1n) is 5.59. The molecule has 1 aliphatic rings. The SMILES string of the molecule is Nc1ccc(F)cc1OCC1CCNC(=O)C1. The Morgan fingerprint density at radius 1 is 1.53 bits per heavy atom. The van der Waals surface area contributed by atoms with Gasteiger partial charge in [-0.1, -0.05) is 0 Å². The zero-order valence-electron chi connectivity index (χ0n) is 9.41. The molecule has 17 heavy (non-hydrogen) atoms. The molecule has 1 saturated heterocycles. The van der Waals surface area contributed by atoms with Gasteiger partial charge in [0.2, 0.25) is 5.91 Å². The van der Waals surface area contributed by atoms with Gasteiger partial charge < -0.3 is 15.8 Å². The normalized spacial score (nSPS) is 19.8. The first-order chi connectivity index (χ1) is 8.15. The molecule has 1 fully saturated rings. The first-order valence-corrected chi connectivity index (χ1v) is 5.59. The summed E-state index contributed by atoms with van der Waals surface area (Å²) in [4.78, 5) is 11.2. The summed E-state index contributed by atoms with van der Waals surface area (Å²) in [6.07, 6.45) is 1.33. The zero-order valence-corrected chi connectivity index (χ0v) is 9.41. The Morgan fingerprint density at radius 3 is 3.12 bits per heavy atom. The molecule has 0 aromatic heterocycles. The van der Waals surface area contributed by atoms with Gasteiger partial charge in [0.1, 0.15) is 11.6 Å². The summed E-state index contributed by atoms with van der Waals surface area (Å²) < 4.78 is 18.4. The summed E-state index contributed by atoms with van der Waals surface area (Å²) in [6.45, 7) is 1.06. The zero-order chi connectivity index (χ0) is 12.3. The minimum atomic E-state index is -0.379. The van der Waals surface area contributed by atoms with Gasteiger partial charge >= 0.3 is 0 Å². The number of anilines is 1. The van der Waals surface area contributed by atoms with Gasteiger partial charge in [0, 0.05) is 24.9 Å². The molecule has 1 heterocycles. The molecule has 1 aromatic carbocycles. The van der Waals surface area contributed by atoms with Crippen LogP contribution in [0.1, 0.15) is 12.8 Å². The molecule has 0 saturated carbocycles. The first kappa shape index (κ1) is 11.7. The average Bonchev–Trinajstić information content (AvgIpc) is 2.30. The van der Waals surface area contributed by atoms with E-state index in [0.29, 0.717) is 31.0 Å². The van der Waals surface area contributed by atoms with Crippen LogP contribution in [-0.4, -0.2) is 19.1 Å². The highest BCUT2D eigenvalue weighted by molar-refractivity contribution is 5.76. The Kier molecular flexibility index (Phi) is 3.46. The van der Waals surface area contributed by atoms with Gasteiger partial charge in [-0.15, -0.1) is 0 Å². The van der Waals surface area contributed by atoms with E-state index in [1.807, 2.05) is 0 Å². The Balaban J connectivity index is 1.92. The average molecular weight is 238 g/mol. The van der Waals surface area contributed by atoms with Crippen LogP contribution >= 0.6 is 0 Å². The number of carbonyl (C=O) groups is 1. The number of carbonyl (C=O) groups excluding carboxylic acids is 1. The van der Waals surface area contributed by atoms with Crippen LogP contribution in [0, 0.1) is 11.7 Å². The van der Waals surface area contributed by atoms with Crippen molar-refractivity contribution in [2.45, 2.75) is 12.8 Å². The van der Waals surface area contributed by atoms with Crippen LogP contribution in [0.4, 0.5) is 10.1 Å². The summed E-state index contributed by atoms with van der Waals surface area (Å²) in [6, 6.07) is 4.02. The quantitative estimate of drug-likeness (QED) is 0.780. The maximum atomic E-state index is 13.0. The van der Waals surface area contributed by atoms with E-state index in [4.69, 9.17) is 10.5 Å². The second-order valence-corrected chi connectivity index (χ2v) is 4.20. The molecular weight excluding hydrogens is 223 g/mol. The maximum absolute atomic E-state index is 13.0. The molecule has 0 bridgehead atoms. The van der Waals surface area contributed by atoms with Crippen molar-refractivity contribution in [3.05, 3.63) is 24.0 Å². The van der Waals surface area contributed by atoms with E-state index in [2.05, 4.69) is 5.32 Å². The monoisotopic (exact) mass is 238 g/mol. The fourth-order valence-electron chi connectivity index (χ4n) is 1.84. The van der Waals surface area contributed by atoms with E-state index < -0.39 is 0 Å². The minimum Gasteiger partial charge on any atom is -0.491 e. The van der Waals surface area contributed by atoms with Crippen molar-refractivity contribution < 1.29 is 13.9 Å². The van der Waals surface area contributed by atoms with Gasteiger partial charge in [0.25, 0.3) is 0 Å². The van der Waals surface area contributed by atoms with Crippen molar-refractivity contribution in [2.75, 3.05) is 18.9 Å². The number of nitrogens with one attached hydrogen (secondary N) is 1. The Hall–Kier alpha value is -1.78. The summed E-state index contributed by atoms with van der Waals surface area (Å²) in [5.74, 6) is 0.176. The maximum Gasteiger partial charge on any atom is 0.220 e. The van der Waals surface area contributed by atoms with Crippen LogP contribution in [0.25, 0.3) is 0 Å². The summed E-state index contributed by atoms with van der Waals surface area (Å²) in [5, 5.41) is 2.75. The topological polar surface area (TPSA) is 64.3 Å². The smallest absolute Gasteiger partial charge is 0.220 e. The summed E-state index contributed by atoms with van der Waals surface area (Å²) in [7, 11) is 0. The van der Waals surface area contributed by atoms with Crippen LogP contribution < -0.4 is 15.8 Å². The lowest BCUT2D eigenvalue weighted by Gasteiger charge is -2.22. The lowest BCUT2D eigenvalue weighted by Crippen LogP contribution is -2.35. The van der Waals surface area contributed by atoms with Gasteiger partial charge in [-0.2, -0.15) is 0 Å². The highest BCUT2D eigenvalue weighted by Crippen LogP contribution is 2.23. The standard InChI is InChI=1S/C12H15FN2O2/c13-9-1-2-10(14)11(6-9)17-7-8-3-4-15-12(16)5-8/h1-2,6,8H,3-5,7,14H2,(H,15,16). The molecule has 4 nitrogen and oxygen atoms in total. The predicted molar refractivity (Wildman–Crippen MR) is 62.0 cm³/mol. The molecule has 3 N–H and O–H groups in total. The molecule has 1 atom stereocenters. The van der Waals surface area contributed by atoms with Crippen LogP contribution in [0.5, 0.6) is 5.75 Å². The van der Waals surface area contributed by atoms with Gasteiger partial charge in [0.15, 0.2) is 0 Å². The number of rotatable bonds is 3. The van der Waals surface area contributed by atoms with Crippen LogP contribution in [0.3, 0.4) is 0 Å². The van der Waals surface area contributed by atoms with Crippen molar-refractivity contribution in [1.82, 2.24) is 5.32 Å². The third-order valence-corrected chi connectivity index (χ3v) is 2.80. The third kappa shape index (κ3) is 3.09. The van der Waals surface area contributed by atoms with Gasteiger partial charge in [-0.05, 0) is 18.6 Å². The van der Waals surface area contributed by atoms with Crippen molar-refractivity contribution >= 4 is 11.6 Å². The molecule has 0 aliphatic carbocycles. The second kappa shape index (κ2) is 5.03. The number of amides is 1. The molecule has 1 unspecified atom stereocenters. The number of piperidine rings is 1. The summed E-state index contributed by atoms with van der Waals surface area (Å²) >= 11 is 0. The third-order valence-electron chi connectivity index (χ3n) is 2.80. The van der Waals surface area contributed by atoms with Crippen LogP contribution in [0.15, 0.2) is 18.2 Å². The number of nitrogen functional groups attached to an aromatic ring is 1. The highest BCUT2D eigenvalue weighted by atomic mass is 19.1. The van der Waals surface area contributed by atoms with E-state index in [1.54, 1.807) is 0 Å². The van der Waals surface area contributed by atoms with E-state index in [9.17, 15) is 9.18 Å². The Labute approximate surface area is 98.9 Å². The number of nitrogens with two attached hydrogens (primary N) is 1. The van der Waals surface area contributed by atoms with Crippen LogP contribution in [-0.2, 0) is 4.79 Å². The Bertz CT molecular complexity index is 423. The number of ether oxygens (including phenoxy) is 1. The fourth-order valence-corrected chi connectivity index (χ4v) is 1.84. The number of halogens is 1. The molecule has 1 amide bonds. The molecular formula is C12H15FN2O2. The van der Waals surface area contributed by atoms with Crippen LogP contribution in [0.2, 0.25) is 0 Å².